The van der Waals surface area contributed by atoms with Crippen LogP contribution in [0.4, 0.5) is 5.82 Å². The first-order chi connectivity index (χ1) is 6.68. The van der Waals surface area contributed by atoms with E-state index in [-0.39, 0.29) is 5.38 Å². The number of alkyl halides is 1. The van der Waals surface area contributed by atoms with Crippen molar-refractivity contribution in [3.05, 3.63) is 23.9 Å². The lowest BCUT2D eigenvalue weighted by Crippen LogP contribution is -2.05. The minimum Gasteiger partial charge on any atom is -0.370 e. The van der Waals surface area contributed by atoms with E-state index in [1.807, 2.05) is 25.3 Å². The van der Waals surface area contributed by atoms with Crippen LogP contribution in [0.3, 0.4) is 0 Å². The third-order valence-corrected chi connectivity index (χ3v) is 2.22. The number of pyridine rings is 1. The Morgan fingerprint density at radius 3 is 3.00 bits per heavy atom. The van der Waals surface area contributed by atoms with E-state index >= 15 is 0 Å². The van der Waals surface area contributed by atoms with Crippen LogP contribution in [-0.2, 0) is 0 Å². The van der Waals surface area contributed by atoms with Gasteiger partial charge in [0.1, 0.15) is 5.82 Å². The molecule has 1 N–H and O–H groups in total. The molecular weight excluding hydrogens is 196 g/mol. The summed E-state index contributed by atoms with van der Waals surface area (Å²) in [5.74, 6) is 0.951. The van der Waals surface area contributed by atoms with Crippen LogP contribution in [0.2, 0.25) is 0 Å². The first-order valence-corrected chi connectivity index (χ1v) is 5.42. The van der Waals surface area contributed by atoms with Crippen molar-refractivity contribution in [3.63, 3.8) is 0 Å². The second-order valence-electron chi connectivity index (χ2n) is 3.57. The predicted octanol–water partition coefficient (Wildman–Crippen LogP) is 3.21. The molecule has 14 heavy (non-hydrogen) atoms. The van der Waals surface area contributed by atoms with Gasteiger partial charge in [-0.05, 0) is 44.4 Å². The maximum Gasteiger partial charge on any atom is 0.126 e. The van der Waals surface area contributed by atoms with Gasteiger partial charge in [0.25, 0.3) is 0 Å². The zero-order valence-electron chi connectivity index (χ0n) is 8.76. The highest BCUT2D eigenvalue weighted by Gasteiger charge is 1.96. The van der Waals surface area contributed by atoms with Crippen molar-refractivity contribution in [2.24, 2.45) is 0 Å². The molecule has 1 atom stereocenters. The molecule has 0 aliphatic carbocycles. The molecule has 0 radical (unpaired) electrons. The maximum atomic E-state index is 5.84. The third kappa shape index (κ3) is 4.47. The Labute approximate surface area is 90.7 Å². The van der Waals surface area contributed by atoms with Crippen molar-refractivity contribution in [1.82, 2.24) is 4.98 Å². The van der Waals surface area contributed by atoms with Gasteiger partial charge >= 0.3 is 0 Å². The summed E-state index contributed by atoms with van der Waals surface area (Å²) in [5, 5.41) is 3.54. The third-order valence-electron chi connectivity index (χ3n) is 2.00. The zero-order valence-corrected chi connectivity index (χ0v) is 9.51. The molecule has 0 saturated carbocycles. The Morgan fingerprint density at radius 2 is 2.36 bits per heavy atom. The van der Waals surface area contributed by atoms with Gasteiger partial charge in [-0.15, -0.1) is 11.6 Å². The van der Waals surface area contributed by atoms with Crippen LogP contribution in [-0.4, -0.2) is 16.9 Å². The van der Waals surface area contributed by atoms with Gasteiger partial charge in [-0.3, -0.25) is 0 Å². The molecule has 0 aliphatic rings. The van der Waals surface area contributed by atoms with Gasteiger partial charge in [-0.2, -0.15) is 0 Å². The molecule has 0 aliphatic heterocycles. The summed E-state index contributed by atoms with van der Waals surface area (Å²) in [6.45, 7) is 5.02. The fourth-order valence-corrected chi connectivity index (χ4v) is 1.39. The molecule has 1 unspecified atom stereocenters. The number of anilines is 1. The molecule has 1 heterocycles. The van der Waals surface area contributed by atoms with Gasteiger partial charge in [0.05, 0.1) is 0 Å². The largest absolute Gasteiger partial charge is 0.370 e. The number of rotatable bonds is 5. The minimum atomic E-state index is 0.266. The van der Waals surface area contributed by atoms with Crippen molar-refractivity contribution in [2.75, 3.05) is 11.9 Å². The number of nitrogens with zero attached hydrogens (tertiary/aromatic N) is 1. The van der Waals surface area contributed by atoms with Crippen LogP contribution < -0.4 is 5.32 Å². The highest BCUT2D eigenvalue weighted by Crippen LogP contribution is 2.07. The van der Waals surface area contributed by atoms with Gasteiger partial charge in [-0.1, -0.05) is 0 Å². The molecule has 2 nitrogen and oxygen atoms in total. The topological polar surface area (TPSA) is 24.9 Å². The highest BCUT2D eigenvalue weighted by molar-refractivity contribution is 6.20. The molecule has 78 valence electrons. The predicted molar refractivity (Wildman–Crippen MR) is 62.0 cm³/mol. The van der Waals surface area contributed by atoms with E-state index in [1.54, 1.807) is 0 Å². The first kappa shape index (κ1) is 11.3. The van der Waals surface area contributed by atoms with Crippen LogP contribution >= 0.6 is 11.6 Å². The van der Waals surface area contributed by atoms with Crippen molar-refractivity contribution in [1.29, 1.82) is 0 Å². The van der Waals surface area contributed by atoms with Gasteiger partial charge in [0.15, 0.2) is 0 Å². The average Bonchev–Trinajstić information content (AvgIpc) is 2.12. The second-order valence-corrected chi connectivity index (χ2v) is 4.31. The Balaban J connectivity index is 2.25. The normalized spacial score (nSPS) is 12.5. The Bertz CT molecular complexity index is 274. The SMILES string of the molecule is Cc1ccnc(NCCCC(C)Cl)c1. The summed E-state index contributed by atoms with van der Waals surface area (Å²) in [6, 6.07) is 4.04. The Kier molecular flexibility index (Phi) is 4.74. The molecule has 3 heteroatoms. The summed E-state index contributed by atoms with van der Waals surface area (Å²) in [4.78, 5) is 4.21. The monoisotopic (exact) mass is 212 g/mol. The first-order valence-electron chi connectivity index (χ1n) is 4.99. The van der Waals surface area contributed by atoms with Crippen LogP contribution in [0.5, 0.6) is 0 Å². The standard InChI is InChI=1S/C11H17ClN2/c1-9-5-7-14-11(8-9)13-6-3-4-10(2)12/h5,7-8,10H,3-4,6H2,1-2H3,(H,13,14). The number of hydrogen-bond acceptors (Lipinski definition) is 2. The fraction of sp³-hybridized carbons (Fsp3) is 0.545. The lowest BCUT2D eigenvalue weighted by Gasteiger charge is -2.06. The van der Waals surface area contributed by atoms with Crippen LogP contribution in [0.25, 0.3) is 0 Å². The van der Waals surface area contributed by atoms with E-state index in [1.165, 1.54) is 5.56 Å². The van der Waals surface area contributed by atoms with Crippen molar-refractivity contribution >= 4 is 17.4 Å². The molecule has 0 bridgehead atoms. The molecular formula is C11H17ClN2. The molecule has 0 amide bonds. The van der Waals surface area contributed by atoms with E-state index in [0.29, 0.717) is 0 Å². The lowest BCUT2D eigenvalue weighted by atomic mass is 10.2. The summed E-state index contributed by atoms with van der Waals surface area (Å²) >= 11 is 5.84. The van der Waals surface area contributed by atoms with E-state index in [2.05, 4.69) is 17.2 Å². The van der Waals surface area contributed by atoms with E-state index in [9.17, 15) is 0 Å². The molecule has 0 saturated heterocycles. The molecule has 0 spiro atoms. The van der Waals surface area contributed by atoms with Crippen molar-refractivity contribution in [2.45, 2.75) is 32.1 Å². The van der Waals surface area contributed by atoms with Crippen molar-refractivity contribution in [3.8, 4) is 0 Å². The van der Waals surface area contributed by atoms with Crippen LogP contribution in [0.15, 0.2) is 18.3 Å². The molecule has 0 fully saturated rings. The summed E-state index contributed by atoms with van der Waals surface area (Å²) in [5.41, 5.74) is 1.23. The molecule has 0 aromatic carbocycles. The van der Waals surface area contributed by atoms with E-state index in [0.717, 1.165) is 25.2 Å². The number of aryl methyl sites for hydroxylation is 1. The smallest absolute Gasteiger partial charge is 0.126 e. The second kappa shape index (κ2) is 5.86. The molecule has 1 rings (SSSR count). The zero-order chi connectivity index (χ0) is 10.4. The summed E-state index contributed by atoms with van der Waals surface area (Å²) in [7, 11) is 0. The molecule has 1 aromatic rings. The summed E-state index contributed by atoms with van der Waals surface area (Å²) < 4.78 is 0. The van der Waals surface area contributed by atoms with E-state index in [4.69, 9.17) is 11.6 Å². The fourth-order valence-electron chi connectivity index (χ4n) is 1.23. The highest BCUT2D eigenvalue weighted by atomic mass is 35.5. The van der Waals surface area contributed by atoms with Crippen molar-refractivity contribution < 1.29 is 0 Å². The lowest BCUT2D eigenvalue weighted by molar-refractivity contribution is 0.749. The van der Waals surface area contributed by atoms with Gasteiger partial charge in [0.2, 0.25) is 0 Å². The number of hydrogen-bond donors (Lipinski definition) is 1. The van der Waals surface area contributed by atoms with Crippen LogP contribution in [0, 0.1) is 6.92 Å². The summed E-state index contributed by atoms with van der Waals surface area (Å²) in [6.07, 6.45) is 3.95. The average molecular weight is 213 g/mol. The van der Waals surface area contributed by atoms with E-state index < -0.39 is 0 Å². The quantitative estimate of drug-likeness (QED) is 0.599. The minimum absolute atomic E-state index is 0.266. The van der Waals surface area contributed by atoms with Crippen LogP contribution in [0.1, 0.15) is 25.3 Å². The number of halogens is 1. The number of aromatic nitrogens is 1. The van der Waals surface area contributed by atoms with Gasteiger partial charge in [0, 0.05) is 18.1 Å². The molecule has 1 aromatic heterocycles. The Hall–Kier alpha value is -0.760. The maximum absolute atomic E-state index is 5.84. The van der Waals surface area contributed by atoms with Gasteiger partial charge in [-0.25, -0.2) is 4.98 Å². The Morgan fingerprint density at radius 1 is 1.57 bits per heavy atom. The number of nitrogens with one attached hydrogen (secondary N) is 1. The van der Waals surface area contributed by atoms with Gasteiger partial charge < -0.3 is 5.32 Å².